The smallest absolute Gasteiger partial charge is 0.0456 e. The fourth-order valence-corrected chi connectivity index (χ4v) is 2.27. The first-order valence-corrected chi connectivity index (χ1v) is 5.93. The van der Waals surface area contributed by atoms with Crippen molar-refractivity contribution in [2.45, 2.75) is 13.3 Å². The largest absolute Gasteiger partial charge is 0.358 e. The topological polar surface area (TPSA) is 15.8 Å². The minimum Gasteiger partial charge on any atom is -0.358 e. The average molecular weight is 221 g/mol. The lowest BCUT2D eigenvalue weighted by molar-refractivity contribution is 1.11. The van der Waals surface area contributed by atoms with Gasteiger partial charge >= 0.3 is 0 Å². The van der Waals surface area contributed by atoms with E-state index < -0.39 is 0 Å². The van der Waals surface area contributed by atoms with Crippen molar-refractivity contribution in [2.75, 3.05) is 0 Å². The Morgan fingerprint density at radius 2 is 1.82 bits per heavy atom. The molecule has 0 atom stereocenters. The van der Waals surface area contributed by atoms with Gasteiger partial charge in [-0.25, -0.2) is 0 Å². The van der Waals surface area contributed by atoms with E-state index in [0.29, 0.717) is 0 Å². The van der Waals surface area contributed by atoms with Crippen LogP contribution in [0.2, 0.25) is 0 Å². The van der Waals surface area contributed by atoms with Crippen molar-refractivity contribution < 1.29 is 0 Å². The number of aromatic amines is 1. The van der Waals surface area contributed by atoms with Crippen molar-refractivity contribution in [3.05, 3.63) is 71.4 Å². The summed E-state index contributed by atoms with van der Waals surface area (Å²) in [5.41, 5.74) is 5.17. The van der Waals surface area contributed by atoms with E-state index in [2.05, 4.69) is 66.5 Å². The van der Waals surface area contributed by atoms with Crippen LogP contribution in [0, 0.1) is 6.92 Å². The van der Waals surface area contributed by atoms with Gasteiger partial charge in [-0.3, -0.25) is 0 Å². The summed E-state index contributed by atoms with van der Waals surface area (Å²) in [4.78, 5) is 3.46. The van der Waals surface area contributed by atoms with Crippen molar-refractivity contribution in [1.29, 1.82) is 0 Å². The summed E-state index contributed by atoms with van der Waals surface area (Å²) in [6.07, 6.45) is 0.969. The van der Waals surface area contributed by atoms with Crippen LogP contribution in [-0.4, -0.2) is 4.98 Å². The quantitative estimate of drug-likeness (QED) is 0.671. The zero-order chi connectivity index (χ0) is 11.7. The number of nitrogens with one attached hydrogen (secondary N) is 1. The number of H-pyrrole nitrogens is 1. The maximum atomic E-state index is 3.46. The van der Waals surface area contributed by atoms with Crippen LogP contribution in [0.3, 0.4) is 0 Å². The van der Waals surface area contributed by atoms with Crippen LogP contribution < -0.4 is 0 Å². The fraction of sp³-hybridized carbons (Fsp3) is 0.125. The number of aromatic nitrogens is 1. The molecule has 3 rings (SSSR count). The molecule has 17 heavy (non-hydrogen) atoms. The molecule has 1 heteroatoms. The van der Waals surface area contributed by atoms with Crippen LogP contribution in [0.4, 0.5) is 0 Å². The van der Waals surface area contributed by atoms with Crippen LogP contribution >= 0.6 is 0 Å². The van der Waals surface area contributed by atoms with E-state index >= 15 is 0 Å². The Balaban J connectivity index is 1.94. The molecule has 0 bridgehead atoms. The predicted octanol–water partition coefficient (Wildman–Crippen LogP) is 4.07. The summed E-state index contributed by atoms with van der Waals surface area (Å²) in [6, 6.07) is 19.3. The molecular weight excluding hydrogens is 206 g/mol. The van der Waals surface area contributed by atoms with Crippen LogP contribution in [0.15, 0.2) is 54.6 Å². The highest BCUT2D eigenvalue weighted by molar-refractivity contribution is 5.80. The SMILES string of the molecule is Cc1cccc(Cc2cc3ccccc3[nH]2)c1. The minimum absolute atomic E-state index is 0.969. The molecule has 0 amide bonds. The van der Waals surface area contributed by atoms with E-state index in [4.69, 9.17) is 0 Å². The second kappa shape index (κ2) is 4.10. The number of para-hydroxylation sites is 1. The zero-order valence-electron chi connectivity index (χ0n) is 9.90. The monoisotopic (exact) mass is 221 g/mol. The second-order valence-corrected chi connectivity index (χ2v) is 4.55. The third-order valence-corrected chi connectivity index (χ3v) is 3.06. The lowest BCUT2D eigenvalue weighted by atomic mass is 10.1. The first-order valence-electron chi connectivity index (χ1n) is 5.93. The Bertz CT molecular complexity index is 616. The highest BCUT2D eigenvalue weighted by Gasteiger charge is 2.01. The maximum absolute atomic E-state index is 3.46. The summed E-state index contributed by atoms with van der Waals surface area (Å²) in [5.74, 6) is 0. The number of benzene rings is 2. The number of aryl methyl sites for hydroxylation is 1. The van der Waals surface area contributed by atoms with Gasteiger partial charge in [0.15, 0.2) is 0 Å². The molecule has 0 aliphatic rings. The molecule has 1 aromatic heterocycles. The molecule has 0 fully saturated rings. The summed E-state index contributed by atoms with van der Waals surface area (Å²) < 4.78 is 0. The van der Waals surface area contributed by atoms with Gasteiger partial charge in [0.25, 0.3) is 0 Å². The molecule has 2 aromatic carbocycles. The average Bonchev–Trinajstić information content (AvgIpc) is 2.71. The van der Waals surface area contributed by atoms with E-state index in [1.807, 2.05) is 0 Å². The number of rotatable bonds is 2. The molecule has 1 heterocycles. The second-order valence-electron chi connectivity index (χ2n) is 4.55. The van der Waals surface area contributed by atoms with Gasteiger partial charge in [-0.15, -0.1) is 0 Å². The summed E-state index contributed by atoms with van der Waals surface area (Å²) >= 11 is 0. The van der Waals surface area contributed by atoms with Gasteiger partial charge in [0.1, 0.15) is 0 Å². The highest BCUT2D eigenvalue weighted by Crippen LogP contribution is 2.17. The standard InChI is InChI=1S/C16H15N/c1-12-5-4-6-13(9-12)10-15-11-14-7-2-3-8-16(14)17-15/h2-9,11,17H,10H2,1H3. The van der Waals surface area contributed by atoms with E-state index in [9.17, 15) is 0 Å². The molecule has 0 aliphatic heterocycles. The molecule has 1 nitrogen and oxygen atoms in total. The molecule has 84 valence electrons. The van der Waals surface area contributed by atoms with Gasteiger partial charge in [0, 0.05) is 17.6 Å². The van der Waals surface area contributed by atoms with Crippen molar-refractivity contribution >= 4 is 10.9 Å². The molecular formula is C16H15N. The fourth-order valence-electron chi connectivity index (χ4n) is 2.27. The van der Waals surface area contributed by atoms with Crippen molar-refractivity contribution in [2.24, 2.45) is 0 Å². The lowest BCUT2D eigenvalue weighted by Crippen LogP contribution is -1.88. The van der Waals surface area contributed by atoms with Gasteiger partial charge in [-0.2, -0.15) is 0 Å². The number of hydrogen-bond donors (Lipinski definition) is 1. The van der Waals surface area contributed by atoms with Crippen LogP contribution in [0.25, 0.3) is 10.9 Å². The molecule has 0 unspecified atom stereocenters. The minimum atomic E-state index is 0.969. The van der Waals surface area contributed by atoms with Gasteiger partial charge in [-0.05, 0) is 30.0 Å². The predicted molar refractivity (Wildman–Crippen MR) is 72.3 cm³/mol. The molecule has 0 radical (unpaired) electrons. The molecule has 0 spiro atoms. The normalized spacial score (nSPS) is 10.9. The van der Waals surface area contributed by atoms with Crippen LogP contribution in [0.1, 0.15) is 16.8 Å². The van der Waals surface area contributed by atoms with Gasteiger partial charge < -0.3 is 4.98 Å². The first-order chi connectivity index (χ1) is 8.31. The van der Waals surface area contributed by atoms with Gasteiger partial charge in [0.2, 0.25) is 0 Å². The Labute approximate surface area is 101 Å². The van der Waals surface area contributed by atoms with Crippen LogP contribution in [0.5, 0.6) is 0 Å². The first kappa shape index (κ1) is 10.2. The van der Waals surface area contributed by atoms with Crippen LogP contribution in [-0.2, 0) is 6.42 Å². The number of hydrogen-bond acceptors (Lipinski definition) is 0. The van der Waals surface area contributed by atoms with Crippen molar-refractivity contribution in [3.63, 3.8) is 0 Å². The Hall–Kier alpha value is -2.02. The summed E-state index contributed by atoms with van der Waals surface area (Å²) in [5, 5.41) is 1.29. The van der Waals surface area contributed by atoms with E-state index in [1.165, 1.54) is 27.7 Å². The zero-order valence-corrected chi connectivity index (χ0v) is 9.90. The highest BCUT2D eigenvalue weighted by atomic mass is 14.7. The molecule has 1 N–H and O–H groups in total. The third kappa shape index (κ3) is 2.09. The van der Waals surface area contributed by atoms with Gasteiger partial charge in [-0.1, -0.05) is 48.0 Å². The third-order valence-electron chi connectivity index (χ3n) is 3.06. The summed E-state index contributed by atoms with van der Waals surface area (Å²) in [6.45, 7) is 2.13. The Morgan fingerprint density at radius 1 is 0.941 bits per heavy atom. The lowest BCUT2D eigenvalue weighted by Gasteiger charge is -2.00. The van der Waals surface area contributed by atoms with Gasteiger partial charge in [0.05, 0.1) is 0 Å². The van der Waals surface area contributed by atoms with E-state index in [-0.39, 0.29) is 0 Å². The molecule has 0 saturated carbocycles. The summed E-state index contributed by atoms with van der Waals surface area (Å²) in [7, 11) is 0. The van der Waals surface area contributed by atoms with Crippen molar-refractivity contribution in [1.82, 2.24) is 4.98 Å². The molecule has 3 aromatic rings. The van der Waals surface area contributed by atoms with E-state index in [0.717, 1.165) is 6.42 Å². The Kier molecular flexibility index (Phi) is 2.45. The Morgan fingerprint density at radius 3 is 2.65 bits per heavy atom. The number of fused-ring (bicyclic) bond motifs is 1. The molecule has 0 saturated heterocycles. The van der Waals surface area contributed by atoms with E-state index in [1.54, 1.807) is 0 Å². The molecule has 0 aliphatic carbocycles. The maximum Gasteiger partial charge on any atom is 0.0456 e. The van der Waals surface area contributed by atoms with Crippen molar-refractivity contribution in [3.8, 4) is 0 Å².